The Balaban J connectivity index is 1.77. The molecule has 1 atom stereocenters. The Kier molecular flexibility index (Phi) is 4.21. The largest absolute Gasteiger partial charge is 0.383 e. The van der Waals surface area contributed by atoms with E-state index in [2.05, 4.69) is 5.32 Å². The fourth-order valence-electron chi connectivity index (χ4n) is 2.84. The highest BCUT2D eigenvalue weighted by Crippen LogP contribution is 2.37. The molecule has 3 nitrogen and oxygen atoms in total. The molecular weight excluding hydrogens is 325 g/mol. The Bertz CT molecular complexity index is 698. The van der Waals surface area contributed by atoms with E-state index in [1.807, 2.05) is 11.4 Å². The number of benzene rings is 1. The van der Waals surface area contributed by atoms with Gasteiger partial charge < -0.3 is 10.4 Å². The summed E-state index contributed by atoms with van der Waals surface area (Å²) in [5.41, 5.74) is -0.418. The molecule has 2 aromatic rings. The van der Waals surface area contributed by atoms with E-state index in [1.165, 1.54) is 18.2 Å². The van der Waals surface area contributed by atoms with Crippen LogP contribution < -0.4 is 5.32 Å². The molecule has 1 heterocycles. The Hall–Kier alpha value is -1.43. The van der Waals surface area contributed by atoms with Crippen molar-refractivity contribution in [3.63, 3.8) is 0 Å². The van der Waals surface area contributed by atoms with Crippen molar-refractivity contribution in [2.45, 2.75) is 24.9 Å². The maximum atomic E-state index is 13.7. The van der Waals surface area contributed by atoms with Gasteiger partial charge >= 0.3 is 0 Å². The zero-order chi connectivity index (χ0) is 15.7. The van der Waals surface area contributed by atoms with Crippen LogP contribution in [0.15, 0.2) is 29.6 Å². The maximum absolute atomic E-state index is 13.7. The van der Waals surface area contributed by atoms with E-state index in [9.17, 15) is 14.3 Å². The Morgan fingerprint density at radius 3 is 3.05 bits per heavy atom. The van der Waals surface area contributed by atoms with Gasteiger partial charge in [0, 0.05) is 4.88 Å². The molecule has 0 fully saturated rings. The van der Waals surface area contributed by atoms with Crippen LogP contribution in [-0.4, -0.2) is 17.6 Å². The fraction of sp³-hybridized carbons (Fsp3) is 0.312. The van der Waals surface area contributed by atoms with Crippen molar-refractivity contribution >= 4 is 28.8 Å². The monoisotopic (exact) mass is 339 g/mol. The number of halogens is 2. The summed E-state index contributed by atoms with van der Waals surface area (Å²) in [7, 11) is 0. The average molecular weight is 340 g/mol. The number of carbonyl (C=O) groups excluding carboxylic acids is 1. The molecule has 116 valence electrons. The number of thiophene rings is 1. The highest BCUT2D eigenvalue weighted by Gasteiger charge is 2.35. The summed E-state index contributed by atoms with van der Waals surface area (Å²) in [5.74, 6) is -1.28. The Morgan fingerprint density at radius 2 is 2.27 bits per heavy atom. The molecule has 0 aliphatic heterocycles. The van der Waals surface area contributed by atoms with Crippen LogP contribution in [-0.2, 0) is 12.0 Å². The first-order chi connectivity index (χ1) is 10.5. The van der Waals surface area contributed by atoms with Crippen molar-refractivity contribution in [1.29, 1.82) is 0 Å². The molecule has 1 unspecified atom stereocenters. The van der Waals surface area contributed by atoms with Gasteiger partial charge in [-0.05, 0) is 48.4 Å². The van der Waals surface area contributed by atoms with Gasteiger partial charge in [0.1, 0.15) is 11.4 Å². The molecule has 1 aromatic carbocycles. The van der Waals surface area contributed by atoms with Crippen LogP contribution in [0.3, 0.4) is 0 Å². The van der Waals surface area contributed by atoms with E-state index < -0.39 is 17.3 Å². The minimum atomic E-state index is -1.10. The van der Waals surface area contributed by atoms with E-state index >= 15 is 0 Å². The van der Waals surface area contributed by atoms with Gasteiger partial charge in [-0.3, -0.25) is 4.79 Å². The predicted octanol–water partition coefficient (Wildman–Crippen LogP) is 3.49. The second-order valence-corrected chi connectivity index (χ2v) is 6.83. The summed E-state index contributed by atoms with van der Waals surface area (Å²) in [6.45, 7) is 0.0419. The number of carbonyl (C=O) groups is 1. The fourth-order valence-corrected chi connectivity index (χ4v) is 4.10. The molecule has 1 aromatic heterocycles. The van der Waals surface area contributed by atoms with E-state index in [-0.39, 0.29) is 17.1 Å². The van der Waals surface area contributed by atoms with Gasteiger partial charge in [-0.15, -0.1) is 11.3 Å². The van der Waals surface area contributed by atoms with E-state index in [1.54, 1.807) is 11.3 Å². The summed E-state index contributed by atoms with van der Waals surface area (Å²) in [4.78, 5) is 13.3. The molecule has 0 saturated heterocycles. The summed E-state index contributed by atoms with van der Waals surface area (Å²) in [6, 6.07) is 5.99. The van der Waals surface area contributed by atoms with Crippen molar-refractivity contribution in [1.82, 2.24) is 5.32 Å². The molecule has 0 radical (unpaired) electrons. The topological polar surface area (TPSA) is 49.3 Å². The van der Waals surface area contributed by atoms with Crippen molar-refractivity contribution in [3.05, 3.63) is 56.5 Å². The maximum Gasteiger partial charge on any atom is 0.255 e. The standard InChI is InChI=1S/C16H15ClFNO2S/c17-11-3-1-4-12(18)14(11)15(20)19-9-16(21)7-2-5-13-10(16)6-8-22-13/h1,3-4,6,8,21H,2,5,7,9H2,(H,19,20). The smallest absolute Gasteiger partial charge is 0.255 e. The van der Waals surface area contributed by atoms with Gasteiger partial charge in [-0.2, -0.15) is 0 Å². The second kappa shape index (κ2) is 5.99. The van der Waals surface area contributed by atoms with Crippen LogP contribution in [0.4, 0.5) is 4.39 Å². The number of hydrogen-bond donors (Lipinski definition) is 2. The van der Waals surface area contributed by atoms with Crippen molar-refractivity contribution in [3.8, 4) is 0 Å². The minimum Gasteiger partial charge on any atom is -0.383 e. The third-order valence-electron chi connectivity index (χ3n) is 3.97. The van der Waals surface area contributed by atoms with Crippen LogP contribution in [0.25, 0.3) is 0 Å². The number of rotatable bonds is 3. The van der Waals surface area contributed by atoms with Crippen LogP contribution in [0.1, 0.15) is 33.6 Å². The summed E-state index contributed by atoms with van der Waals surface area (Å²) in [5, 5.41) is 15.4. The lowest BCUT2D eigenvalue weighted by molar-refractivity contribution is 0.0197. The highest BCUT2D eigenvalue weighted by atomic mass is 35.5. The zero-order valence-electron chi connectivity index (χ0n) is 11.7. The minimum absolute atomic E-state index is 0.0419. The lowest BCUT2D eigenvalue weighted by Crippen LogP contribution is -2.42. The number of hydrogen-bond acceptors (Lipinski definition) is 3. The number of nitrogens with one attached hydrogen (secondary N) is 1. The van der Waals surface area contributed by atoms with Gasteiger partial charge in [0.05, 0.1) is 17.1 Å². The Labute approximate surface area is 136 Å². The first kappa shape index (κ1) is 15.5. The first-order valence-corrected chi connectivity index (χ1v) is 8.28. The van der Waals surface area contributed by atoms with Crippen LogP contribution >= 0.6 is 22.9 Å². The second-order valence-electron chi connectivity index (χ2n) is 5.42. The molecule has 0 bridgehead atoms. The van der Waals surface area contributed by atoms with Crippen molar-refractivity contribution < 1.29 is 14.3 Å². The number of fused-ring (bicyclic) bond motifs is 1. The van der Waals surface area contributed by atoms with E-state index in [0.717, 1.165) is 23.3 Å². The van der Waals surface area contributed by atoms with Crippen LogP contribution in [0, 0.1) is 5.82 Å². The SMILES string of the molecule is O=C(NCC1(O)CCCc2sccc21)c1c(F)cccc1Cl. The van der Waals surface area contributed by atoms with Gasteiger partial charge in [-0.25, -0.2) is 4.39 Å². The summed E-state index contributed by atoms with van der Waals surface area (Å²) >= 11 is 7.49. The number of aryl methyl sites for hydroxylation is 1. The van der Waals surface area contributed by atoms with Crippen LogP contribution in [0.5, 0.6) is 0 Å². The van der Waals surface area contributed by atoms with Crippen LogP contribution in [0.2, 0.25) is 5.02 Å². The number of aliphatic hydroxyl groups is 1. The quantitative estimate of drug-likeness (QED) is 0.899. The molecule has 3 rings (SSSR count). The molecule has 6 heteroatoms. The Morgan fingerprint density at radius 1 is 1.45 bits per heavy atom. The molecule has 22 heavy (non-hydrogen) atoms. The predicted molar refractivity (Wildman–Crippen MR) is 84.9 cm³/mol. The first-order valence-electron chi connectivity index (χ1n) is 7.03. The zero-order valence-corrected chi connectivity index (χ0v) is 13.3. The average Bonchev–Trinajstić information content (AvgIpc) is 2.95. The van der Waals surface area contributed by atoms with Gasteiger partial charge in [0.15, 0.2) is 0 Å². The summed E-state index contributed by atoms with van der Waals surface area (Å²) in [6.07, 6.45) is 2.38. The van der Waals surface area contributed by atoms with E-state index in [0.29, 0.717) is 6.42 Å². The molecule has 1 amide bonds. The van der Waals surface area contributed by atoms with Crippen molar-refractivity contribution in [2.75, 3.05) is 6.54 Å². The lowest BCUT2D eigenvalue weighted by Gasteiger charge is -2.32. The van der Waals surface area contributed by atoms with Crippen molar-refractivity contribution in [2.24, 2.45) is 0 Å². The molecule has 0 spiro atoms. The summed E-state index contributed by atoms with van der Waals surface area (Å²) < 4.78 is 13.7. The highest BCUT2D eigenvalue weighted by molar-refractivity contribution is 7.10. The third kappa shape index (κ3) is 2.76. The third-order valence-corrected chi connectivity index (χ3v) is 5.27. The van der Waals surface area contributed by atoms with Gasteiger partial charge in [-0.1, -0.05) is 17.7 Å². The molecular formula is C16H15ClFNO2S. The molecule has 1 aliphatic carbocycles. The number of amides is 1. The van der Waals surface area contributed by atoms with Gasteiger partial charge in [0.25, 0.3) is 5.91 Å². The molecule has 2 N–H and O–H groups in total. The molecule has 1 aliphatic rings. The van der Waals surface area contributed by atoms with E-state index in [4.69, 9.17) is 11.6 Å². The lowest BCUT2D eigenvalue weighted by atomic mass is 9.83. The van der Waals surface area contributed by atoms with Gasteiger partial charge in [0.2, 0.25) is 0 Å². The normalized spacial score (nSPS) is 20.5. The molecule has 0 saturated carbocycles.